The molecule has 0 saturated heterocycles. The minimum atomic E-state index is 0. The van der Waals surface area contributed by atoms with Gasteiger partial charge in [0, 0.05) is 22.4 Å². The lowest BCUT2D eigenvalue weighted by Gasteiger charge is -2.10. The molecule has 2 aromatic rings. The van der Waals surface area contributed by atoms with Crippen LogP contribution in [0.5, 0.6) is 5.88 Å². The van der Waals surface area contributed by atoms with E-state index in [0.717, 1.165) is 31.2 Å². The van der Waals surface area contributed by atoms with Crippen LogP contribution in [-0.4, -0.2) is 24.6 Å². The van der Waals surface area contributed by atoms with Crippen LogP contribution in [0.15, 0.2) is 35.3 Å². The number of hydrogen-bond acceptors (Lipinski definition) is 4. The second kappa shape index (κ2) is 11.2. The van der Waals surface area contributed by atoms with Crippen molar-refractivity contribution in [3.8, 4) is 5.88 Å². The van der Waals surface area contributed by atoms with E-state index in [-0.39, 0.29) is 24.0 Å². The molecule has 2 rings (SSSR count). The largest absolute Gasteiger partial charge is 0.481 e. The minimum Gasteiger partial charge on any atom is -0.481 e. The molecule has 0 fully saturated rings. The number of halogens is 1. The molecule has 0 aliphatic carbocycles. The third-order valence-electron chi connectivity index (χ3n) is 3.23. The van der Waals surface area contributed by atoms with Crippen LogP contribution in [0.3, 0.4) is 0 Å². The number of nitrogens with one attached hydrogen (secondary N) is 2. The predicted octanol–water partition coefficient (Wildman–Crippen LogP) is 3.59. The number of ether oxygens (including phenoxy) is 1. The van der Waals surface area contributed by atoms with Crippen molar-refractivity contribution in [2.45, 2.75) is 33.4 Å². The number of pyridine rings is 1. The van der Waals surface area contributed by atoms with E-state index in [1.54, 1.807) is 7.11 Å². The summed E-state index contributed by atoms with van der Waals surface area (Å²) in [7, 11) is 1.62. The number of aryl methyl sites for hydroxylation is 1. The van der Waals surface area contributed by atoms with E-state index in [1.165, 1.54) is 9.75 Å². The van der Waals surface area contributed by atoms with E-state index in [0.29, 0.717) is 12.4 Å². The smallest absolute Gasteiger partial charge is 0.213 e. The predicted molar refractivity (Wildman–Crippen MR) is 112 cm³/mol. The van der Waals surface area contributed by atoms with E-state index >= 15 is 0 Å². The molecule has 0 saturated carbocycles. The summed E-state index contributed by atoms with van der Waals surface area (Å²) < 4.78 is 5.14. The molecule has 2 heterocycles. The SMILES string of the molecule is CCNC(=NCc1cccc(OC)n1)NCc1ccc(CC)s1.I. The average Bonchev–Trinajstić information content (AvgIpc) is 3.05. The molecular formula is C17H25IN4OS. The van der Waals surface area contributed by atoms with Gasteiger partial charge >= 0.3 is 0 Å². The Morgan fingerprint density at radius 1 is 1.17 bits per heavy atom. The van der Waals surface area contributed by atoms with Crippen LogP contribution in [-0.2, 0) is 19.5 Å². The van der Waals surface area contributed by atoms with Crippen LogP contribution in [0.4, 0.5) is 0 Å². The van der Waals surface area contributed by atoms with Crippen LogP contribution in [0.2, 0.25) is 0 Å². The van der Waals surface area contributed by atoms with Gasteiger partial charge in [0.15, 0.2) is 5.96 Å². The maximum absolute atomic E-state index is 5.14. The first-order valence-corrected chi connectivity index (χ1v) is 8.66. The first-order valence-electron chi connectivity index (χ1n) is 7.84. The Morgan fingerprint density at radius 2 is 1.96 bits per heavy atom. The summed E-state index contributed by atoms with van der Waals surface area (Å²) in [5.41, 5.74) is 0.881. The number of nitrogens with zero attached hydrogens (tertiary/aromatic N) is 2. The van der Waals surface area contributed by atoms with E-state index in [2.05, 4.69) is 46.6 Å². The maximum atomic E-state index is 5.14. The summed E-state index contributed by atoms with van der Waals surface area (Å²) in [6.07, 6.45) is 1.08. The van der Waals surface area contributed by atoms with Gasteiger partial charge < -0.3 is 15.4 Å². The van der Waals surface area contributed by atoms with Gasteiger partial charge in [0.25, 0.3) is 0 Å². The van der Waals surface area contributed by atoms with Gasteiger partial charge in [-0.3, -0.25) is 0 Å². The number of methoxy groups -OCH3 is 1. The highest BCUT2D eigenvalue weighted by Crippen LogP contribution is 2.16. The highest BCUT2D eigenvalue weighted by molar-refractivity contribution is 14.0. The van der Waals surface area contributed by atoms with Gasteiger partial charge in [0.2, 0.25) is 5.88 Å². The highest BCUT2D eigenvalue weighted by atomic mass is 127. The highest BCUT2D eigenvalue weighted by Gasteiger charge is 2.02. The van der Waals surface area contributed by atoms with Gasteiger partial charge in [-0.2, -0.15) is 0 Å². The van der Waals surface area contributed by atoms with Crippen molar-refractivity contribution < 1.29 is 4.74 Å². The Hall–Kier alpha value is -1.35. The lowest BCUT2D eigenvalue weighted by Crippen LogP contribution is -2.36. The number of guanidine groups is 1. The quantitative estimate of drug-likeness (QED) is 0.377. The lowest BCUT2D eigenvalue weighted by atomic mass is 10.3. The zero-order chi connectivity index (χ0) is 16.5. The summed E-state index contributed by atoms with van der Waals surface area (Å²) in [6.45, 7) is 6.35. The molecule has 0 bridgehead atoms. The number of rotatable bonds is 7. The van der Waals surface area contributed by atoms with Crippen molar-refractivity contribution >= 4 is 41.3 Å². The Bertz CT molecular complexity index is 645. The van der Waals surface area contributed by atoms with Gasteiger partial charge in [0.1, 0.15) is 0 Å². The van der Waals surface area contributed by atoms with Gasteiger partial charge in [-0.05, 0) is 31.5 Å². The molecule has 2 aromatic heterocycles. The van der Waals surface area contributed by atoms with Crippen LogP contribution in [0.1, 0.15) is 29.3 Å². The zero-order valence-electron chi connectivity index (χ0n) is 14.3. The molecule has 0 aromatic carbocycles. The second-order valence-corrected chi connectivity index (χ2v) is 6.19. The molecule has 5 nitrogen and oxygen atoms in total. The second-order valence-electron chi connectivity index (χ2n) is 4.94. The van der Waals surface area contributed by atoms with Crippen molar-refractivity contribution in [1.82, 2.24) is 15.6 Å². The topological polar surface area (TPSA) is 58.5 Å². The molecule has 0 aliphatic rings. The monoisotopic (exact) mass is 460 g/mol. The average molecular weight is 460 g/mol. The molecule has 0 spiro atoms. The third kappa shape index (κ3) is 6.64. The van der Waals surface area contributed by atoms with Crippen molar-refractivity contribution in [1.29, 1.82) is 0 Å². The molecule has 0 amide bonds. The van der Waals surface area contributed by atoms with Crippen LogP contribution in [0.25, 0.3) is 0 Å². The number of aromatic nitrogens is 1. The number of aliphatic imine (C=N–C) groups is 1. The molecule has 0 atom stereocenters. The third-order valence-corrected chi connectivity index (χ3v) is 4.46. The van der Waals surface area contributed by atoms with E-state index < -0.39 is 0 Å². The Labute approximate surface area is 165 Å². The maximum Gasteiger partial charge on any atom is 0.213 e. The summed E-state index contributed by atoms with van der Waals surface area (Å²) >= 11 is 1.84. The van der Waals surface area contributed by atoms with E-state index in [4.69, 9.17) is 4.74 Å². The van der Waals surface area contributed by atoms with Crippen molar-refractivity contribution in [3.63, 3.8) is 0 Å². The standard InChI is InChI=1S/C17H24N4OS.HI/c1-4-14-9-10-15(23-14)12-20-17(18-5-2)19-11-13-7-6-8-16(21-13)22-3;/h6-10H,4-5,11-12H2,1-3H3,(H2,18,19,20);1H. The molecular weight excluding hydrogens is 435 g/mol. The molecule has 24 heavy (non-hydrogen) atoms. The Morgan fingerprint density at radius 3 is 2.62 bits per heavy atom. The Balaban J connectivity index is 0.00000288. The first-order chi connectivity index (χ1) is 11.2. The van der Waals surface area contributed by atoms with Crippen LogP contribution in [0, 0.1) is 0 Å². The molecule has 2 N–H and O–H groups in total. The number of hydrogen-bond donors (Lipinski definition) is 2. The summed E-state index contributed by atoms with van der Waals surface area (Å²) in [6, 6.07) is 10.1. The fourth-order valence-corrected chi connectivity index (χ4v) is 2.94. The molecule has 0 unspecified atom stereocenters. The van der Waals surface area contributed by atoms with Gasteiger partial charge in [0.05, 0.1) is 25.9 Å². The normalized spacial score (nSPS) is 10.9. The van der Waals surface area contributed by atoms with Crippen LogP contribution < -0.4 is 15.4 Å². The fraction of sp³-hybridized carbons (Fsp3) is 0.412. The molecule has 7 heteroatoms. The molecule has 132 valence electrons. The van der Waals surface area contributed by atoms with Gasteiger partial charge in [-0.25, -0.2) is 9.98 Å². The molecule has 0 aliphatic heterocycles. The zero-order valence-corrected chi connectivity index (χ0v) is 17.5. The minimum absolute atomic E-state index is 0. The lowest BCUT2D eigenvalue weighted by molar-refractivity contribution is 0.396. The number of thiophene rings is 1. The van der Waals surface area contributed by atoms with Crippen molar-refractivity contribution in [3.05, 3.63) is 45.8 Å². The summed E-state index contributed by atoms with van der Waals surface area (Å²) in [4.78, 5) is 11.7. The van der Waals surface area contributed by atoms with E-state index in [1.807, 2.05) is 29.5 Å². The Kier molecular flexibility index (Phi) is 9.70. The summed E-state index contributed by atoms with van der Waals surface area (Å²) in [5, 5.41) is 6.62. The van der Waals surface area contributed by atoms with E-state index in [9.17, 15) is 0 Å². The first kappa shape index (κ1) is 20.7. The summed E-state index contributed by atoms with van der Waals surface area (Å²) in [5.74, 6) is 1.41. The van der Waals surface area contributed by atoms with Crippen LogP contribution >= 0.6 is 35.3 Å². The van der Waals surface area contributed by atoms with Gasteiger partial charge in [-0.1, -0.05) is 13.0 Å². The fourth-order valence-electron chi connectivity index (χ4n) is 2.04. The van der Waals surface area contributed by atoms with Crippen molar-refractivity contribution in [2.24, 2.45) is 4.99 Å². The van der Waals surface area contributed by atoms with Crippen molar-refractivity contribution in [2.75, 3.05) is 13.7 Å². The van der Waals surface area contributed by atoms with Gasteiger partial charge in [-0.15, -0.1) is 35.3 Å². The molecule has 0 radical (unpaired) electrons.